The van der Waals surface area contributed by atoms with Crippen LogP contribution < -0.4 is 4.74 Å². The molecule has 0 radical (unpaired) electrons. The van der Waals surface area contributed by atoms with Gasteiger partial charge in [-0.1, -0.05) is 0 Å². The summed E-state index contributed by atoms with van der Waals surface area (Å²) >= 11 is 0. The van der Waals surface area contributed by atoms with Crippen LogP contribution in [0.4, 0.5) is 13.2 Å². The predicted molar refractivity (Wildman–Crippen MR) is 70.6 cm³/mol. The molecule has 0 spiro atoms. The summed E-state index contributed by atoms with van der Waals surface area (Å²) in [7, 11) is 0. The summed E-state index contributed by atoms with van der Waals surface area (Å²) in [5, 5.41) is 8.97. The largest absolute Gasteiger partial charge is 0.487 e. The lowest BCUT2D eigenvalue weighted by Crippen LogP contribution is -2.12. The van der Waals surface area contributed by atoms with Crippen molar-refractivity contribution < 1.29 is 27.8 Å². The molecule has 0 aliphatic carbocycles. The van der Waals surface area contributed by atoms with Crippen molar-refractivity contribution in [2.24, 2.45) is 0 Å². The van der Waals surface area contributed by atoms with Crippen LogP contribution in [-0.2, 0) is 19.3 Å². The fraction of sp³-hybridized carbons (Fsp3) is 0.286. The molecule has 0 unspecified atom stereocenters. The van der Waals surface area contributed by atoms with E-state index in [4.69, 9.17) is 9.84 Å². The summed E-state index contributed by atoms with van der Waals surface area (Å²) in [5.74, 6) is -0.995. The number of carboxylic acid groups (broad SMARTS) is 1. The summed E-state index contributed by atoms with van der Waals surface area (Å²) < 4.78 is 44.2. The number of hydrogen-bond donors (Lipinski definition) is 1. The van der Waals surface area contributed by atoms with E-state index in [9.17, 15) is 18.0 Å². The van der Waals surface area contributed by atoms with E-state index in [-0.39, 0.29) is 18.2 Å². The predicted octanol–water partition coefficient (Wildman–Crippen LogP) is 3.20. The van der Waals surface area contributed by atoms with Crippen molar-refractivity contribution in [2.45, 2.75) is 26.3 Å². The number of benzene rings is 1. The maximum Gasteiger partial charge on any atom is 0.416 e. The molecular formula is C14H13F3N2O3. The van der Waals surface area contributed by atoms with Crippen LogP contribution in [0.1, 0.15) is 28.8 Å². The molecule has 0 saturated heterocycles. The second-order valence-electron chi connectivity index (χ2n) is 4.43. The topological polar surface area (TPSA) is 64.4 Å². The third-order valence-electron chi connectivity index (χ3n) is 3.01. The average molecular weight is 314 g/mol. The van der Waals surface area contributed by atoms with Crippen LogP contribution in [0.3, 0.4) is 0 Å². The Morgan fingerprint density at radius 1 is 1.32 bits per heavy atom. The number of nitrogens with zero attached hydrogens (tertiary/aromatic N) is 2. The van der Waals surface area contributed by atoms with Gasteiger partial charge in [0.1, 0.15) is 12.4 Å². The molecule has 1 N–H and O–H groups in total. The van der Waals surface area contributed by atoms with Crippen LogP contribution in [0, 0.1) is 0 Å². The zero-order chi connectivity index (χ0) is 16.3. The van der Waals surface area contributed by atoms with E-state index < -0.39 is 17.7 Å². The van der Waals surface area contributed by atoms with Gasteiger partial charge in [0.05, 0.1) is 17.5 Å². The van der Waals surface area contributed by atoms with Crippen molar-refractivity contribution in [3.05, 3.63) is 47.5 Å². The maximum atomic E-state index is 12.4. The number of carbonyl (C=O) groups is 1. The number of ether oxygens (including phenoxy) is 1. The molecule has 1 aromatic heterocycles. The zero-order valence-corrected chi connectivity index (χ0v) is 11.6. The Morgan fingerprint density at radius 3 is 2.45 bits per heavy atom. The van der Waals surface area contributed by atoms with Crippen molar-refractivity contribution in [1.29, 1.82) is 0 Å². The second-order valence-corrected chi connectivity index (χ2v) is 4.43. The van der Waals surface area contributed by atoms with E-state index in [1.165, 1.54) is 22.9 Å². The Labute approximate surface area is 124 Å². The molecule has 0 atom stereocenters. The van der Waals surface area contributed by atoms with Gasteiger partial charge in [0.25, 0.3) is 0 Å². The smallest absolute Gasteiger partial charge is 0.416 e. The molecule has 118 valence electrons. The Morgan fingerprint density at radius 2 is 1.95 bits per heavy atom. The van der Waals surface area contributed by atoms with Gasteiger partial charge in [0.2, 0.25) is 5.82 Å². The third kappa shape index (κ3) is 3.38. The normalized spacial score (nSPS) is 11.5. The van der Waals surface area contributed by atoms with Gasteiger partial charge in [-0.3, -0.25) is 0 Å². The molecule has 0 aliphatic rings. The van der Waals surface area contributed by atoms with E-state index >= 15 is 0 Å². The molecule has 2 rings (SSSR count). The summed E-state index contributed by atoms with van der Waals surface area (Å²) in [6, 6.07) is 4.28. The molecule has 2 aromatic rings. The lowest BCUT2D eigenvalue weighted by atomic mass is 10.2. The van der Waals surface area contributed by atoms with Crippen LogP contribution >= 0.6 is 0 Å². The number of alkyl halides is 3. The van der Waals surface area contributed by atoms with Gasteiger partial charge in [-0.25, -0.2) is 9.78 Å². The monoisotopic (exact) mass is 314 g/mol. The number of rotatable bonds is 5. The summed E-state index contributed by atoms with van der Waals surface area (Å²) in [6.45, 7) is 2.17. The standard InChI is InChI=1S/C14H13F3N2O3/c1-2-19-10(7-18-12(19)13(20)21)8-22-11-5-3-9(4-6-11)14(15,16)17/h3-7H,2,8H2,1H3,(H,20,21). The lowest BCUT2D eigenvalue weighted by Gasteiger charge is -2.10. The van der Waals surface area contributed by atoms with Gasteiger partial charge >= 0.3 is 12.1 Å². The van der Waals surface area contributed by atoms with Gasteiger partial charge in [0, 0.05) is 6.54 Å². The highest BCUT2D eigenvalue weighted by atomic mass is 19.4. The highest BCUT2D eigenvalue weighted by molar-refractivity contribution is 5.83. The molecule has 5 nitrogen and oxygen atoms in total. The number of carboxylic acids is 1. The molecule has 0 bridgehead atoms. The van der Waals surface area contributed by atoms with Crippen LogP contribution in [0.15, 0.2) is 30.5 Å². The molecule has 22 heavy (non-hydrogen) atoms. The number of hydrogen-bond acceptors (Lipinski definition) is 3. The molecule has 8 heteroatoms. The van der Waals surface area contributed by atoms with Crippen LogP contribution in [-0.4, -0.2) is 20.6 Å². The minimum absolute atomic E-state index is 0.0134. The summed E-state index contributed by atoms with van der Waals surface area (Å²) in [4.78, 5) is 14.7. The van der Waals surface area contributed by atoms with Gasteiger partial charge in [0.15, 0.2) is 0 Å². The van der Waals surface area contributed by atoms with Crippen LogP contribution in [0.2, 0.25) is 0 Å². The highest BCUT2D eigenvalue weighted by Gasteiger charge is 2.30. The summed E-state index contributed by atoms with van der Waals surface area (Å²) in [5.41, 5.74) is -0.230. The average Bonchev–Trinajstić information content (AvgIpc) is 2.87. The first-order valence-electron chi connectivity index (χ1n) is 6.40. The SMILES string of the molecule is CCn1c(COc2ccc(C(F)(F)F)cc2)cnc1C(=O)O. The van der Waals surface area contributed by atoms with Gasteiger partial charge in [-0.15, -0.1) is 0 Å². The Balaban J connectivity index is 2.09. The van der Waals surface area contributed by atoms with Crippen molar-refractivity contribution in [3.63, 3.8) is 0 Å². The molecule has 1 heterocycles. The van der Waals surface area contributed by atoms with Crippen molar-refractivity contribution in [3.8, 4) is 5.75 Å². The molecule has 0 saturated carbocycles. The first kappa shape index (κ1) is 15.9. The number of halogens is 3. The Bertz CT molecular complexity index is 663. The molecule has 0 aliphatic heterocycles. The van der Waals surface area contributed by atoms with E-state index in [0.29, 0.717) is 12.2 Å². The van der Waals surface area contributed by atoms with Gasteiger partial charge < -0.3 is 14.4 Å². The van der Waals surface area contributed by atoms with Crippen molar-refractivity contribution >= 4 is 5.97 Å². The number of imidazole rings is 1. The van der Waals surface area contributed by atoms with Crippen LogP contribution in [0.25, 0.3) is 0 Å². The van der Waals surface area contributed by atoms with E-state index in [1.54, 1.807) is 6.92 Å². The van der Waals surface area contributed by atoms with E-state index in [1.807, 2.05) is 0 Å². The summed E-state index contributed by atoms with van der Waals surface area (Å²) in [6.07, 6.45) is -3.02. The first-order chi connectivity index (χ1) is 10.3. The number of aromatic nitrogens is 2. The second kappa shape index (κ2) is 6.08. The van der Waals surface area contributed by atoms with E-state index in [0.717, 1.165) is 12.1 Å². The maximum absolute atomic E-state index is 12.4. The third-order valence-corrected chi connectivity index (χ3v) is 3.01. The van der Waals surface area contributed by atoms with Crippen molar-refractivity contribution in [2.75, 3.05) is 0 Å². The minimum Gasteiger partial charge on any atom is -0.487 e. The Kier molecular flexibility index (Phi) is 4.39. The minimum atomic E-state index is -4.39. The quantitative estimate of drug-likeness (QED) is 0.920. The highest BCUT2D eigenvalue weighted by Crippen LogP contribution is 2.30. The fourth-order valence-electron chi connectivity index (χ4n) is 1.95. The Hall–Kier alpha value is -2.51. The first-order valence-corrected chi connectivity index (χ1v) is 6.40. The fourth-order valence-corrected chi connectivity index (χ4v) is 1.95. The molecule has 0 amide bonds. The van der Waals surface area contributed by atoms with Crippen molar-refractivity contribution in [1.82, 2.24) is 9.55 Å². The van der Waals surface area contributed by atoms with E-state index in [2.05, 4.69) is 4.98 Å². The van der Waals surface area contributed by atoms with Crippen LogP contribution in [0.5, 0.6) is 5.75 Å². The molecule has 0 fully saturated rings. The van der Waals surface area contributed by atoms with Gasteiger partial charge in [-0.05, 0) is 31.2 Å². The lowest BCUT2D eigenvalue weighted by molar-refractivity contribution is -0.137. The molecular weight excluding hydrogens is 301 g/mol. The van der Waals surface area contributed by atoms with Gasteiger partial charge in [-0.2, -0.15) is 13.2 Å². The molecule has 1 aromatic carbocycles. The number of aromatic carboxylic acids is 1. The zero-order valence-electron chi connectivity index (χ0n) is 11.6.